The maximum atomic E-state index is 14.9. The Kier molecular flexibility index (Phi) is 37.7. The maximum absolute atomic E-state index is 14.9. The van der Waals surface area contributed by atoms with E-state index in [0.717, 1.165) is 34.5 Å². The van der Waals surface area contributed by atoms with Gasteiger partial charge >= 0.3 is 25.8 Å². The van der Waals surface area contributed by atoms with Crippen LogP contribution in [-0.4, -0.2) is 274 Å². The number of nitrogens with one attached hydrogen (secondary N) is 3. The molecule has 0 saturated carbocycles. The zero-order chi connectivity index (χ0) is 85.5. The van der Waals surface area contributed by atoms with Gasteiger partial charge in [0.05, 0.1) is 131 Å². The number of nitrogens with zero attached hydrogens (tertiary/aromatic N) is 5. The lowest BCUT2D eigenvalue weighted by atomic mass is 9.89. The van der Waals surface area contributed by atoms with E-state index >= 15 is 0 Å². The van der Waals surface area contributed by atoms with Crippen molar-refractivity contribution in [3.8, 4) is 11.5 Å². The van der Waals surface area contributed by atoms with Gasteiger partial charge < -0.3 is 98.1 Å². The van der Waals surface area contributed by atoms with E-state index in [1.165, 1.54) is 40.7 Å². The average Bonchev–Trinajstić information content (AvgIpc) is 1.61. The van der Waals surface area contributed by atoms with Crippen molar-refractivity contribution in [2.45, 2.75) is 75.7 Å². The number of hydrogen-bond donors (Lipinski definition) is 5. The molecule has 0 radical (unpaired) electrons. The van der Waals surface area contributed by atoms with Gasteiger partial charge in [-0.1, -0.05) is 74.5 Å². The van der Waals surface area contributed by atoms with Crippen molar-refractivity contribution in [3.05, 3.63) is 124 Å². The van der Waals surface area contributed by atoms with Crippen LogP contribution in [0.1, 0.15) is 93.8 Å². The van der Waals surface area contributed by atoms with Crippen LogP contribution in [0.4, 0.5) is 31.4 Å². The van der Waals surface area contributed by atoms with Crippen LogP contribution in [0.3, 0.4) is 0 Å². The Labute approximate surface area is 709 Å². The summed E-state index contributed by atoms with van der Waals surface area (Å²) in [6.45, 7) is 9.00. The number of benzene rings is 5. The number of imide groups is 1. The lowest BCUT2D eigenvalue weighted by Gasteiger charge is -2.27. The fourth-order valence-electron chi connectivity index (χ4n) is 13.9. The molecule has 1 aromatic heterocycles. The predicted molar refractivity (Wildman–Crippen MR) is 452 cm³/mol. The van der Waals surface area contributed by atoms with Crippen LogP contribution >= 0.6 is 53.9 Å². The highest BCUT2D eigenvalue weighted by Crippen LogP contribution is 2.51. The second kappa shape index (κ2) is 47.6. The van der Waals surface area contributed by atoms with Gasteiger partial charge in [-0.15, -0.1) is 34.5 Å². The molecular weight excluding hydrogens is 1640 g/mol. The molecular formula is C82H106Cl2N9O23PS2. The van der Waals surface area contributed by atoms with Crippen molar-refractivity contribution in [2.24, 2.45) is 17.6 Å². The number of thioether (sulfide) groups is 1. The molecule has 6 atom stereocenters. The monoisotopic (exact) mass is 1750 g/mol. The van der Waals surface area contributed by atoms with E-state index in [0.29, 0.717) is 98.1 Å². The molecule has 119 heavy (non-hydrogen) atoms. The summed E-state index contributed by atoms with van der Waals surface area (Å²) in [5.74, 6) is -3.70. The lowest BCUT2D eigenvalue weighted by molar-refractivity contribution is -0.139. The number of ketones is 1. The normalized spacial score (nSPS) is 16.0. The highest BCUT2D eigenvalue weighted by molar-refractivity contribution is 8.00. The van der Waals surface area contributed by atoms with E-state index in [-0.39, 0.29) is 198 Å². The minimum absolute atomic E-state index is 0.0353. The topological polar surface area (TPSA) is 388 Å². The second-order valence-corrected chi connectivity index (χ2v) is 33.2. The summed E-state index contributed by atoms with van der Waals surface area (Å²) < 4.78 is 74.3. The van der Waals surface area contributed by atoms with Gasteiger partial charge in [-0.2, -0.15) is 11.8 Å². The van der Waals surface area contributed by atoms with Crippen molar-refractivity contribution in [3.63, 3.8) is 0 Å². The van der Waals surface area contributed by atoms with Gasteiger partial charge in [0, 0.05) is 144 Å². The average molecular weight is 1750 g/mol. The fraction of sp³-hybridized carbons (Fsp3) is 0.512. The number of ether oxygens (including phenoxy) is 10. The van der Waals surface area contributed by atoms with Gasteiger partial charge in [-0.05, 0) is 76.7 Å². The van der Waals surface area contributed by atoms with Gasteiger partial charge in [0.25, 0.3) is 11.8 Å². The summed E-state index contributed by atoms with van der Waals surface area (Å²) in [6.07, 6.45) is 0.744. The summed E-state index contributed by atoms with van der Waals surface area (Å²) in [5.41, 5.74) is 8.72. The molecule has 648 valence electrons. The molecule has 2 unspecified atom stereocenters. The number of likely N-dealkylation sites (tertiary alicyclic amines) is 1. The summed E-state index contributed by atoms with van der Waals surface area (Å²) in [6, 6.07) is 25.8. The Morgan fingerprint density at radius 3 is 1.64 bits per heavy atom. The van der Waals surface area contributed by atoms with E-state index < -0.39 is 61.4 Å². The number of carbonyl (C=O) groups excluding carboxylic acids is 10. The van der Waals surface area contributed by atoms with Crippen molar-refractivity contribution in [1.29, 1.82) is 0 Å². The van der Waals surface area contributed by atoms with Gasteiger partial charge in [0.1, 0.15) is 18.1 Å². The molecule has 0 spiro atoms. The molecule has 0 bridgehead atoms. The van der Waals surface area contributed by atoms with Gasteiger partial charge in [0.2, 0.25) is 23.6 Å². The first kappa shape index (κ1) is 94.3. The number of hydrogen-bond acceptors (Lipinski definition) is 24. The number of methoxy groups -OCH3 is 2. The highest BCUT2D eigenvalue weighted by Gasteiger charge is 2.41. The molecule has 32 nitrogen and oxygen atoms in total. The summed E-state index contributed by atoms with van der Waals surface area (Å²) in [4.78, 5) is 153. The Bertz CT molecular complexity index is 4510. The third-order valence-electron chi connectivity index (χ3n) is 19.9. The quantitative estimate of drug-likeness (QED) is 0.0103. The first-order valence-corrected chi connectivity index (χ1v) is 44.5. The third kappa shape index (κ3) is 27.2. The summed E-state index contributed by atoms with van der Waals surface area (Å²) >= 11 is 15.6. The Balaban J connectivity index is 0.725. The standard InChI is InChI=1S/C82H106Cl2N9O23PS2/c1-53(2)75(88-71(95)23-30-108-34-36-110-38-40-112-42-43-113-41-39-111-37-35-109-33-29-91-72(96)47-70(118-6)79(91)100)65(94)44-55(12-11-24-86-80(85)101)76(97)87-58-19-17-54(18-20-58)52-114-81(102)89(27-31-106-3)25-26-90(28-32-107-4)82(103)115-66-45-63-73(61-15-9-7-13-59(61)66)56(48-83)50-92(63)77(98)68-21-22-69(119-68)78(99)93-51-57(49-84)74-62-16-10-8-14-60(62)67(46-64(74)93)116-117(5,104)105/h7-10,13-22,45-46,53,55-57,70,75H,11-12,23-44,47-52H2,1-6H3,(H,87,97)(H,88,95)(H,104,105)(H3,85,86,101)/t55-,56-,57-,70?,75+/m1/s1. The molecule has 9 rings (SSSR count). The van der Waals surface area contributed by atoms with Crippen LogP contribution in [0.5, 0.6) is 11.5 Å². The van der Waals surface area contributed by atoms with Crippen LogP contribution in [0.15, 0.2) is 97.1 Å². The van der Waals surface area contributed by atoms with Gasteiger partial charge in [-0.25, -0.2) is 18.9 Å². The molecule has 3 aliphatic heterocycles. The van der Waals surface area contributed by atoms with Crippen molar-refractivity contribution < 1.29 is 109 Å². The molecule has 3 aliphatic rings. The van der Waals surface area contributed by atoms with Crippen LogP contribution in [0.2, 0.25) is 0 Å². The fourth-order valence-corrected chi connectivity index (χ4v) is 16.5. The third-order valence-corrected chi connectivity index (χ3v) is 23.2. The first-order chi connectivity index (χ1) is 57.4. The van der Waals surface area contributed by atoms with E-state index in [4.69, 9.17) is 80.8 Å². The predicted octanol–water partition coefficient (Wildman–Crippen LogP) is 10.0. The second-order valence-electron chi connectivity index (χ2n) is 28.7. The number of halogens is 2. The summed E-state index contributed by atoms with van der Waals surface area (Å²) in [5, 5.41) is 10.5. The zero-order valence-corrected chi connectivity index (χ0v) is 71.7. The smallest absolute Gasteiger partial charge is 0.415 e. The van der Waals surface area contributed by atoms with Crippen molar-refractivity contribution >= 4 is 152 Å². The Morgan fingerprint density at radius 2 is 1.15 bits per heavy atom. The number of nitrogens with two attached hydrogens (primary N) is 1. The number of rotatable bonds is 51. The maximum Gasteiger partial charge on any atom is 0.415 e. The summed E-state index contributed by atoms with van der Waals surface area (Å²) in [7, 11) is -1.07. The minimum atomic E-state index is -4.03. The van der Waals surface area contributed by atoms with E-state index in [1.807, 2.05) is 30.5 Å². The van der Waals surface area contributed by atoms with Crippen LogP contribution in [0.25, 0.3) is 21.5 Å². The molecule has 10 amide bonds. The van der Waals surface area contributed by atoms with Crippen LogP contribution in [-0.2, 0) is 77.8 Å². The molecule has 0 aliphatic carbocycles. The highest BCUT2D eigenvalue weighted by atomic mass is 35.5. The molecule has 4 heterocycles. The number of amides is 10. The van der Waals surface area contributed by atoms with Crippen molar-refractivity contribution in [1.82, 2.24) is 25.3 Å². The van der Waals surface area contributed by atoms with E-state index in [9.17, 15) is 57.4 Å². The van der Waals surface area contributed by atoms with E-state index in [2.05, 4.69) is 16.0 Å². The molecule has 1 fully saturated rings. The van der Waals surface area contributed by atoms with Crippen LogP contribution in [0, 0.1) is 11.8 Å². The van der Waals surface area contributed by atoms with Crippen molar-refractivity contribution in [2.75, 3.05) is 199 Å². The molecule has 5 aromatic carbocycles. The first-order valence-electron chi connectivity index (χ1n) is 39.3. The molecule has 6 aromatic rings. The Hall–Kier alpha value is -8.58. The number of alkyl halides is 2. The van der Waals surface area contributed by atoms with Gasteiger partial charge in [-0.3, -0.25) is 38.5 Å². The number of fused-ring (bicyclic) bond motifs is 6. The number of urea groups is 1. The molecule has 1 saturated heterocycles. The SMILES string of the molecule is COCCN(CCN(CCOC)C(=O)Oc1cc2c(c3ccccc13)[C@H](CCl)CN2C(=O)c1ccc(C(=O)N2C[C@@H](CCl)c3c2cc(OP(C)(=O)O)c2ccccc32)s1)C(=O)OCc1ccc(NC(=O)[C@H](CCCNC(N)=O)CC(=O)[C@@H](NC(=O)CCOCCOCCOCCOCCOCCOCCN2C(=O)CC(SC)C2=O)C(C)C)cc1. The number of Topliss-reactive ketones (excluding diaryl/α,β-unsaturated/α-hetero) is 1. The largest absolute Gasteiger partial charge is 0.445 e. The Morgan fingerprint density at radius 1 is 0.655 bits per heavy atom. The zero-order valence-electron chi connectivity index (χ0n) is 67.7. The van der Waals surface area contributed by atoms with Crippen LogP contribution < -0.4 is 40.7 Å². The minimum Gasteiger partial charge on any atom is -0.445 e. The number of carbonyl (C=O) groups is 10. The lowest BCUT2D eigenvalue weighted by Crippen LogP contribution is -2.45. The number of primary amides is 1. The van der Waals surface area contributed by atoms with Gasteiger partial charge in [0.15, 0.2) is 5.78 Å². The molecule has 6 N–H and O–H groups in total. The number of thiophene rings is 1. The number of anilines is 3. The molecule has 37 heteroatoms. The van der Waals surface area contributed by atoms with E-state index in [1.54, 1.807) is 96.4 Å².